The van der Waals surface area contributed by atoms with Crippen molar-refractivity contribution in [2.24, 2.45) is 0 Å². The van der Waals surface area contributed by atoms with Crippen LogP contribution in [-0.4, -0.2) is 51.9 Å². The lowest BCUT2D eigenvalue weighted by Crippen LogP contribution is -2.55. The van der Waals surface area contributed by atoms with Gasteiger partial charge in [0, 0.05) is 43.5 Å². The Hall–Kier alpha value is -2.40. The molecule has 0 aromatic heterocycles. The van der Waals surface area contributed by atoms with Crippen molar-refractivity contribution >= 4 is 5.69 Å². The summed E-state index contributed by atoms with van der Waals surface area (Å²) in [6.45, 7) is 3.17. The van der Waals surface area contributed by atoms with Crippen molar-refractivity contribution in [1.82, 2.24) is 4.90 Å². The third kappa shape index (κ3) is 3.63. The molecule has 150 valence electrons. The zero-order valence-electron chi connectivity index (χ0n) is 17.1. The van der Waals surface area contributed by atoms with Gasteiger partial charge in [-0.1, -0.05) is 12.1 Å². The molecule has 2 atom stereocenters. The topological polar surface area (TPSA) is 34.2 Å². The summed E-state index contributed by atoms with van der Waals surface area (Å²) in [7, 11) is 5.12. The third-order valence-electron chi connectivity index (χ3n) is 6.15. The van der Waals surface area contributed by atoms with Gasteiger partial charge < -0.3 is 19.1 Å². The second-order valence-corrected chi connectivity index (χ2v) is 7.60. The average molecular weight is 383 g/mol. The largest absolute Gasteiger partial charge is 0.497 e. The molecule has 4 rings (SSSR count). The fraction of sp³-hybridized carbons (Fsp3) is 0.478. The molecule has 28 heavy (non-hydrogen) atoms. The van der Waals surface area contributed by atoms with Gasteiger partial charge in [0.1, 0.15) is 5.75 Å². The normalized spacial score (nSPS) is 22.5. The van der Waals surface area contributed by atoms with Gasteiger partial charge in [0.05, 0.1) is 21.3 Å². The highest BCUT2D eigenvalue weighted by atomic mass is 16.5. The van der Waals surface area contributed by atoms with Crippen LogP contribution in [0.1, 0.15) is 30.9 Å². The first-order chi connectivity index (χ1) is 13.7. The number of anilines is 1. The number of hydrogen-bond donors (Lipinski definition) is 0. The van der Waals surface area contributed by atoms with Crippen molar-refractivity contribution in [3.63, 3.8) is 0 Å². The maximum absolute atomic E-state index is 5.54. The maximum atomic E-state index is 5.54. The van der Waals surface area contributed by atoms with Crippen molar-refractivity contribution in [3.05, 3.63) is 48.0 Å². The van der Waals surface area contributed by atoms with Crippen LogP contribution in [0.4, 0.5) is 5.69 Å². The molecule has 0 bridgehead atoms. The van der Waals surface area contributed by atoms with Gasteiger partial charge in [-0.25, -0.2) is 0 Å². The van der Waals surface area contributed by atoms with E-state index >= 15 is 0 Å². The van der Waals surface area contributed by atoms with Crippen LogP contribution in [0.5, 0.6) is 17.2 Å². The molecule has 5 heteroatoms. The number of benzene rings is 2. The van der Waals surface area contributed by atoms with Crippen molar-refractivity contribution in [2.45, 2.75) is 31.3 Å². The van der Waals surface area contributed by atoms with Gasteiger partial charge in [0.15, 0.2) is 11.5 Å². The molecular formula is C23H30N2O3. The summed E-state index contributed by atoms with van der Waals surface area (Å²) < 4.78 is 16.4. The predicted molar refractivity (Wildman–Crippen MR) is 112 cm³/mol. The smallest absolute Gasteiger partial charge is 0.161 e. The molecule has 0 unspecified atom stereocenters. The summed E-state index contributed by atoms with van der Waals surface area (Å²) in [5.41, 5.74) is 2.59. The average Bonchev–Trinajstić information content (AvgIpc) is 2.77. The van der Waals surface area contributed by atoms with E-state index in [1.807, 2.05) is 12.1 Å². The quantitative estimate of drug-likeness (QED) is 0.777. The lowest BCUT2D eigenvalue weighted by molar-refractivity contribution is 0.0715. The standard InChI is InChI=1S/C23H30N2O3/c1-26-20-8-4-6-18(15-20)24-12-13-25-19(16-24)7-5-9-21(25)17-10-11-22(27-2)23(14-17)28-3/h4,6,8,10-11,14-15,19,21H,5,7,9,12-13,16H2,1-3H3/t19-,21+/m0/s1. The number of ether oxygens (including phenoxy) is 3. The van der Waals surface area contributed by atoms with E-state index in [2.05, 4.69) is 40.1 Å². The zero-order chi connectivity index (χ0) is 19.5. The molecule has 0 spiro atoms. The van der Waals surface area contributed by atoms with Crippen LogP contribution in [0.25, 0.3) is 0 Å². The summed E-state index contributed by atoms with van der Waals surface area (Å²) in [5.74, 6) is 2.53. The highest BCUT2D eigenvalue weighted by Gasteiger charge is 2.36. The Morgan fingerprint density at radius 1 is 0.857 bits per heavy atom. The van der Waals surface area contributed by atoms with Gasteiger partial charge in [-0.2, -0.15) is 0 Å². The molecule has 2 saturated heterocycles. The van der Waals surface area contributed by atoms with Crippen molar-refractivity contribution in [2.75, 3.05) is 45.9 Å². The van der Waals surface area contributed by atoms with Gasteiger partial charge in [-0.05, 0) is 49.1 Å². The number of fused-ring (bicyclic) bond motifs is 1. The summed E-state index contributed by atoms with van der Waals surface area (Å²) in [6, 6.07) is 15.8. The molecule has 5 nitrogen and oxygen atoms in total. The molecule has 2 aliphatic rings. The molecule has 2 heterocycles. The fourth-order valence-electron chi connectivity index (χ4n) is 4.71. The molecule has 0 amide bonds. The number of nitrogens with zero attached hydrogens (tertiary/aromatic N) is 2. The summed E-state index contributed by atoms with van der Waals surface area (Å²) in [6.07, 6.45) is 3.71. The number of hydrogen-bond acceptors (Lipinski definition) is 5. The predicted octanol–water partition coefficient (Wildman–Crippen LogP) is 4.13. The number of rotatable bonds is 5. The molecular weight excluding hydrogens is 352 g/mol. The fourth-order valence-corrected chi connectivity index (χ4v) is 4.71. The van der Waals surface area contributed by atoms with Crippen molar-refractivity contribution < 1.29 is 14.2 Å². The highest BCUT2D eigenvalue weighted by molar-refractivity contribution is 5.51. The number of piperidine rings is 1. The lowest BCUT2D eigenvalue weighted by atomic mass is 9.89. The molecule has 0 saturated carbocycles. The Morgan fingerprint density at radius 3 is 2.50 bits per heavy atom. The highest BCUT2D eigenvalue weighted by Crippen LogP contribution is 2.40. The van der Waals surface area contributed by atoms with Crippen LogP contribution >= 0.6 is 0 Å². The van der Waals surface area contributed by atoms with Crippen LogP contribution in [0.2, 0.25) is 0 Å². The first kappa shape index (κ1) is 18.9. The summed E-state index contributed by atoms with van der Waals surface area (Å²) in [4.78, 5) is 5.20. The molecule has 2 aromatic rings. The van der Waals surface area contributed by atoms with E-state index in [4.69, 9.17) is 14.2 Å². The van der Waals surface area contributed by atoms with Crippen molar-refractivity contribution in [3.8, 4) is 17.2 Å². The van der Waals surface area contributed by atoms with Crippen LogP contribution in [-0.2, 0) is 0 Å². The van der Waals surface area contributed by atoms with Crippen molar-refractivity contribution in [1.29, 1.82) is 0 Å². The third-order valence-corrected chi connectivity index (χ3v) is 6.15. The van der Waals surface area contributed by atoms with Crippen LogP contribution in [0, 0.1) is 0 Å². The van der Waals surface area contributed by atoms with E-state index in [1.54, 1.807) is 21.3 Å². The second kappa shape index (κ2) is 8.31. The minimum Gasteiger partial charge on any atom is -0.497 e. The van der Waals surface area contributed by atoms with E-state index in [1.165, 1.54) is 30.5 Å². The Bertz CT molecular complexity index is 810. The summed E-state index contributed by atoms with van der Waals surface area (Å²) >= 11 is 0. The first-order valence-electron chi connectivity index (χ1n) is 10.1. The SMILES string of the molecule is COc1cccc(N2CCN3[C@@H](CCC[C@@H]3c3ccc(OC)c(OC)c3)C2)c1. The molecule has 2 fully saturated rings. The number of piperazine rings is 1. The van der Waals surface area contributed by atoms with Crippen LogP contribution < -0.4 is 19.1 Å². The van der Waals surface area contributed by atoms with E-state index in [9.17, 15) is 0 Å². The molecule has 0 radical (unpaired) electrons. The van der Waals surface area contributed by atoms with Gasteiger partial charge in [0.2, 0.25) is 0 Å². The van der Waals surface area contributed by atoms with Crippen LogP contribution in [0.15, 0.2) is 42.5 Å². The van der Waals surface area contributed by atoms with E-state index in [0.717, 1.165) is 36.9 Å². The summed E-state index contributed by atoms with van der Waals surface area (Å²) in [5, 5.41) is 0. The first-order valence-corrected chi connectivity index (χ1v) is 10.1. The van der Waals surface area contributed by atoms with E-state index < -0.39 is 0 Å². The second-order valence-electron chi connectivity index (χ2n) is 7.60. The zero-order valence-corrected chi connectivity index (χ0v) is 17.1. The molecule has 0 N–H and O–H groups in total. The molecule has 0 aliphatic carbocycles. The van der Waals surface area contributed by atoms with Gasteiger partial charge >= 0.3 is 0 Å². The minimum atomic E-state index is 0.450. The lowest BCUT2D eigenvalue weighted by Gasteiger charge is -2.49. The molecule has 2 aromatic carbocycles. The number of methoxy groups -OCH3 is 3. The Balaban J connectivity index is 1.52. The monoisotopic (exact) mass is 382 g/mol. The van der Waals surface area contributed by atoms with Gasteiger partial charge in [0.25, 0.3) is 0 Å². The van der Waals surface area contributed by atoms with Gasteiger partial charge in [-0.15, -0.1) is 0 Å². The Labute approximate surface area is 167 Å². The maximum Gasteiger partial charge on any atom is 0.161 e. The Kier molecular flexibility index (Phi) is 5.62. The van der Waals surface area contributed by atoms with Gasteiger partial charge in [-0.3, -0.25) is 4.90 Å². The van der Waals surface area contributed by atoms with Crippen LogP contribution in [0.3, 0.4) is 0 Å². The Morgan fingerprint density at radius 2 is 1.71 bits per heavy atom. The van der Waals surface area contributed by atoms with E-state index in [-0.39, 0.29) is 0 Å². The van der Waals surface area contributed by atoms with E-state index in [0.29, 0.717) is 12.1 Å². The molecule has 2 aliphatic heterocycles. The minimum absolute atomic E-state index is 0.450.